The molecule has 0 unspecified atom stereocenters. The molecule has 1 N–H and O–H groups in total. The number of nitrogens with one attached hydrogen (secondary N) is 1. The highest BCUT2D eigenvalue weighted by Crippen LogP contribution is 2.25. The smallest absolute Gasteiger partial charge is 0.409 e. The Morgan fingerprint density at radius 3 is 2.79 bits per heavy atom. The van der Waals surface area contributed by atoms with Crippen LogP contribution in [0.1, 0.15) is 18.4 Å². The predicted octanol–water partition coefficient (Wildman–Crippen LogP) is 1.78. The first-order valence-electron chi connectivity index (χ1n) is 9.16. The third kappa shape index (κ3) is 4.90. The van der Waals surface area contributed by atoms with Crippen LogP contribution in [0.3, 0.4) is 0 Å². The highest BCUT2D eigenvalue weighted by Gasteiger charge is 2.36. The normalized spacial score (nSPS) is 20.2. The fraction of sp³-hybridized carbons (Fsp3) is 0.474. The second-order valence-electron chi connectivity index (χ2n) is 7.18. The molecule has 8 nitrogen and oxygen atoms in total. The lowest BCUT2D eigenvalue weighted by Gasteiger charge is -2.40. The lowest BCUT2D eigenvalue weighted by atomic mass is 9.91. The van der Waals surface area contributed by atoms with Crippen LogP contribution in [-0.4, -0.2) is 61.2 Å². The molecule has 1 saturated heterocycles. The van der Waals surface area contributed by atoms with Crippen molar-refractivity contribution in [2.24, 2.45) is 7.05 Å². The largest absolute Gasteiger partial charge is 0.453 e. The Morgan fingerprint density at radius 2 is 2.14 bits per heavy atom. The van der Waals surface area contributed by atoms with Crippen molar-refractivity contribution in [3.05, 3.63) is 42.2 Å². The molecule has 3 rings (SSSR count). The monoisotopic (exact) mass is 406 g/mol. The number of aryl methyl sites for hydroxylation is 1. The summed E-state index contributed by atoms with van der Waals surface area (Å²) in [4.78, 5) is 13.9. The number of sulfonamides is 1. The van der Waals surface area contributed by atoms with Gasteiger partial charge in [0.25, 0.3) is 0 Å². The second-order valence-corrected chi connectivity index (χ2v) is 8.96. The molecule has 152 valence electrons. The number of hydrogen-bond donors (Lipinski definition) is 1. The minimum atomic E-state index is -3.39. The molecule has 1 aromatic heterocycles. The van der Waals surface area contributed by atoms with E-state index in [1.807, 2.05) is 31.4 Å². The van der Waals surface area contributed by atoms with Crippen LogP contribution in [0.25, 0.3) is 11.1 Å². The molecule has 28 heavy (non-hydrogen) atoms. The van der Waals surface area contributed by atoms with Gasteiger partial charge in [-0.05, 0) is 30.4 Å². The summed E-state index contributed by atoms with van der Waals surface area (Å²) >= 11 is 0. The lowest BCUT2D eigenvalue weighted by Crippen LogP contribution is -2.57. The zero-order valence-corrected chi connectivity index (χ0v) is 17.1. The summed E-state index contributed by atoms with van der Waals surface area (Å²) in [5.41, 5.74) is 3.05. The van der Waals surface area contributed by atoms with Crippen molar-refractivity contribution in [2.75, 3.05) is 19.9 Å². The number of aromatic nitrogens is 2. The average molecular weight is 407 g/mol. The second kappa shape index (κ2) is 8.32. The number of nitrogens with zero attached hydrogens (tertiary/aromatic N) is 3. The number of carbonyl (C=O) groups excluding carboxylic acids is 1. The van der Waals surface area contributed by atoms with Gasteiger partial charge in [0, 0.05) is 31.4 Å². The quantitative estimate of drug-likeness (QED) is 0.817. The summed E-state index contributed by atoms with van der Waals surface area (Å²) in [6.07, 6.45) is 6.36. The first kappa shape index (κ1) is 20.3. The summed E-state index contributed by atoms with van der Waals surface area (Å²) in [6.45, 7) is 0.543. The summed E-state index contributed by atoms with van der Waals surface area (Å²) in [6, 6.07) is 7.33. The number of rotatable bonds is 5. The minimum absolute atomic E-state index is 0.319. The lowest BCUT2D eigenvalue weighted by molar-refractivity contribution is 0.0792. The van der Waals surface area contributed by atoms with Crippen molar-refractivity contribution in [3.63, 3.8) is 0 Å². The van der Waals surface area contributed by atoms with Gasteiger partial charge < -0.3 is 9.64 Å². The van der Waals surface area contributed by atoms with Crippen LogP contribution in [-0.2, 0) is 28.2 Å². The molecule has 1 amide bonds. The zero-order chi connectivity index (χ0) is 20.3. The molecule has 0 spiro atoms. The Hall–Kier alpha value is -2.39. The van der Waals surface area contributed by atoms with Gasteiger partial charge >= 0.3 is 6.09 Å². The molecule has 0 bridgehead atoms. The van der Waals surface area contributed by atoms with E-state index >= 15 is 0 Å². The van der Waals surface area contributed by atoms with Crippen molar-refractivity contribution in [1.82, 2.24) is 19.4 Å². The molecule has 0 saturated carbocycles. The number of ether oxygens (including phenoxy) is 1. The van der Waals surface area contributed by atoms with E-state index in [2.05, 4.69) is 15.9 Å². The van der Waals surface area contributed by atoms with Crippen LogP contribution >= 0.6 is 0 Å². The molecule has 1 aliphatic rings. The molecular weight excluding hydrogens is 380 g/mol. The summed E-state index contributed by atoms with van der Waals surface area (Å²) in [7, 11) is -0.184. The van der Waals surface area contributed by atoms with E-state index in [-0.39, 0.29) is 12.1 Å². The Morgan fingerprint density at radius 1 is 1.36 bits per heavy atom. The maximum absolute atomic E-state index is 12.3. The Balaban J connectivity index is 1.89. The van der Waals surface area contributed by atoms with Crippen LogP contribution in [0, 0.1) is 0 Å². The van der Waals surface area contributed by atoms with Gasteiger partial charge in [-0.2, -0.15) is 5.10 Å². The predicted molar refractivity (Wildman–Crippen MR) is 106 cm³/mol. The number of benzene rings is 1. The Bertz CT molecular complexity index is 941. The van der Waals surface area contributed by atoms with Gasteiger partial charge in [0.15, 0.2) is 0 Å². The van der Waals surface area contributed by atoms with Gasteiger partial charge in [0.1, 0.15) is 0 Å². The molecule has 9 heteroatoms. The maximum atomic E-state index is 12.3. The molecule has 0 radical (unpaired) electrons. The van der Waals surface area contributed by atoms with Gasteiger partial charge in [-0.25, -0.2) is 17.9 Å². The van der Waals surface area contributed by atoms with Gasteiger partial charge in [-0.15, -0.1) is 0 Å². The van der Waals surface area contributed by atoms with Crippen LogP contribution in [0.5, 0.6) is 0 Å². The van der Waals surface area contributed by atoms with Crippen LogP contribution in [0.15, 0.2) is 36.7 Å². The van der Waals surface area contributed by atoms with Crippen molar-refractivity contribution in [2.45, 2.75) is 31.3 Å². The van der Waals surface area contributed by atoms with Crippen molar-refractivity contribution >= 4 is 16.1 Å². The van der Waals surface area contributed by atoms with Gasteiger partial charge in [0.2, 0.25) is 10.0 Å². The van der Waals surface area contributed by atoms with Crippen molar-refractivity contribution < 1.29 is 17.9 Å². The SMILES string of the molecule is COC(=O)N1CCC[C@@H](NS(C)(=O)=O)[C@H]1Cc1cccc(-c2cnn(C)c2)c1. The van der Waals surface area contributed by atoms with E-state index in [4.69, 9.17) is 4.74 Å². The zero-order valence-electron chi connectivity index (χ0n) is 16.3. The third-order valence-electron chi connectivity index (χ3n) is 4.96. The van der Waals surface area contributed by atoms with Gasteiger partial charge in [-0.3, -0.25) is 4.68 Å². The third-order valence-corrected chi connectivity index (χ3v) is 5.69. The Labute approximate surface area is 165 Å². The number of likely N-dealkylation sites (tertiary alicyclic amines) is 1. The van der Waals surface area contributed by atoms with Gasteiger partial charge in [0.05, 0.1) is 25.6 Å². The average Bonchev–Trinajstić information content (AvgIpc) is 3.08. The minimum Gasteiger partial charge on any atom is -0.453 e. The van der Waals surface area contributed by atoms with E-state index in [0.717, 1.165) is 22.9 Å². The summed E-state index contributed by atoms with van der Waals surface area (Å²) < 4.78 is 33.0. The fourth-order valence-corrected chi connectivity index (χ4v) is 4.58. The Kier molecular flexibility index (Phi) is 6.04. The molecular formula is C19H26N4O4S. The number of methoxy groups -OCH3 is 1. The first-order valence-corrected chi connectivity index (χ1v) is 11.1. The number of piperidine rings is 1. The number of hydrogen-bond acceptors (Lipinski definition) is 5. The topological polar surface area (TPSA) is 93.5 Å². The number of carbonyl (C=O) groups is 1. The van der Waals surface area contributed by atoms with Crippen molar-refractivity contribution in [1.29, 1.82) is 0 Å². The summed E-state index contributed by atoms with van der Waals surface area (Å²) in [5.74, 6) is 0. The molecule has 1 fully saturated rings. The number of amides is 1. The molecule has 1 aromatic carbocycles. The van der Waals surface area contributed by atoms with E-state index in [0.29, 0.717) is 25.8 Å². The molecule has 2 aromatic rings. The van der Waals surface area contributed by atoms with Crippen LogP contribution in [0.4, 0.5) is 4.79 Å². The van der Waals surface area contributed by atoms with E-state index in [9.17, 15) is 13.2 Å². The van der Waals surface area contributed by atoms with E-state index < -0.39 is 16.1 Å². The highest BCUT2D eigenvalue weighted by atomic mass is 32.2. The first-order chi connectivity index (χ1) is 13.3. The molecule has 2 heterocycles. The van der Waals surface area contributed by atoms with Gasteiger partial charge in [-0.1, -0.05) is 24.3 Å². The van der Waals surface area contributed by atoms with E-state index in [1.54, 1.807) is 15.8 Å². The van der Waals surface area contributed by atoms with Crippen LogP contribution < -0.4 is 4.72 Å². The fourth-order valence-electron chi connectivity index (χ4n) is 3.76. The van der Waals surface area contributed by atoms with Crippen LogP contribution in [0.2, 0.25) is 0 Å². The molecule has 1 aliphatic heterocycles. The maximum Gasteiger partial charge on any atom is 0.409 e. The standard InChI is InChI=1S/C19H26N4O4S/c1-22-13-16(12-20-22)15-7-4-6-14(10-15)11-18-17(21-28(3,25)26)8-5-9-23(18)19(24)27-2/h4,6-7,10,12-13,17-18,21H,5,8-9,11H2,1-3H3/t17-,18-/m1/s1. The van der Waals surface area contributed by atoms with E-state index in [1.165, 1.54) is 7.11 Å². The molecule has 2 atom stereocenters. The van der Waals surface area contributed by atoms with Crippen molar-refractivity contribution in [3.8, 4) is 11.1 Å². The highest BCUT2D eigenvalue weighted by molar-refractivity contribution is 7.88. The summed E-state index contributed by atoms with van der Waals surface area (Å²) in [5, 5.41) is 4.21. The molecule has 0 aliphatic carbocycles.